The van der Waals surface area contributed by atoms with Crippen LogP contribution in [0.4, 0.5) is 5.82 Å². The quantitative estimate of drug-likeness (QED) is 0.0247. The molecule has 1 N–H and O–H groups in total. The molecule has 1 amide bonds. The number of hydrogen-bond acceptors (Lipinski definition) is 15. The molecule has 7 rings (SSSR count). The number of benzene rings is 4. The van der Waals surface area contributed by atoms with E-state index in [2.05, 4.69) is 53.7 Å². The first-order chi connectivity index (χ1) is 34.5. The topological polar surface area (TPSA) is 181 Å². The van der Waals surface area contributed by atoms with Crippen LogP contribution in [0, 0.1) is 11.3 Å². The highest BCUT2D eigenvalue weighted by molar-refractivity contribution is 7.98. The van der Waals surface area contributed by atoms with E-state index in [9.17, 15) is 14.9 Å². The van der Waals surface area contributed by atoms with Crippen LogP contribution in [0.2, 0.25) is 0 Å². The van der Waals surface area contributed by atoms with Gasteiger partial charge in [-0.1, -0.05) is 66.7 Å². The van der Waals surface area contributed by atoms with Crippen LogP contribution in [0.3, 0.4) is 0 Å². The van der Waals surface area contributed by atoms with Crippen LogP contribution in [-0.2, 0) is 40.1 Å². The lowest BCUT2D eigenvalue weighted by molar-refractivity contribution is -0.142. The summed E-state index contributed by atoms with van der Waals surface area (Å²) in [5.41, 5.74) is 3.58. The first-order valence-corrected chi connectivity index (χ1v) is 26.1. The summed E-state index contributed by atoms with van der Waals surface area (Å²) in [4.78, 5) is 39.5. The SMILES string of the molecule is COc1ccc(C(OCC2OC(n3cnc4c(NC(=O)c5ccc(CCC(=O)OCCSC)cc5)ncnc43)CC2OP(OCCC#N)N(C(C)C)C(C)C)(c2ccccc2)c2ccc(OC)cc2)cc1. The molecular weight excluding hydrogens is 942 g/mol. The zero-order valence-corrected chi connectivity index (χ0v) is 42.9. The molecule has 1 saturated heterocycles. The van der Waals surface area contributed by atoms with Crippen molar-refractivity contribution in [2.45, 2.75) is 89.5 Å². The lowest BCUT2D eigenvalue weighted by atomic mass is 9.80. The lowest BCUT2D eigenvalue weighted by Crippen LogP contribution is -2.39. The summed E-state index contributed by atoms with van der Waals surface area (Å²) in [7, 11) is 1.58. The number of fused-ring (bicyclic) bond motifs is 1. The summed E-state index contributed by atoms with van der Waals surface area (Å²) in [6.45, 7) is 9.02. The molecule has 4 atom stereocenters. The Morgan fingerprint density at radius 3 is 2.14 bits per heavy atom. The Kier molecular flexibility index (Phi) is 18.9. The molecule has 16 nitrogen and oxygen atoms in total. The highest BCUT2D eigenvalue weighted by atomic mass is 32.2. The number of amides is 1. The monoisotopic (exact) mass is 1000 g/mol. The number of nitrogens with one attached hydrogen (secondary N) is 1. The highest BCUT2D eigenvalue weighted by Crippen LogP contribution is 2.51. The van der Waals surface area contributed by atoms with Crippen molar-refractivity contribution in [1.29, 1.82) is 5.26 Å². The number of aromatic nitrogens is 4. The van der Waals surface area contributed by atoms with Crippen molar-refractivity contribution < 1.29 is 42.3 Å². The predicted molar refractivity (Wildman–Crippen MR) is 274 cm³/mol. The van der Waals surface area contributed by atoms with Crippen LogP contribution in [0.25, 0.3) is 11.2 Å². The number of carbonyl (C=O) groups is 2. The maximum absolute atomic E-state index is 13.6. The number of thioether (sulfide) groups is 1. The molecule has 4 unspecified atom stereocenters. The Labute approximate surface area is 421 Å². The Balaban J connectivity index is 1.20. The van der Waals surface area contributed by atoms with Gasteiger partial charge in [0.25, 0.3) is 14.4 Å². The number of imidazole rings is 1. The van der Waals surface area contributed by atoms with Crippen molar-refractivity contribution in [2.75, 3.05) is 51.4 Å². The Morgan fingerprint density at radius 1 is 0.887 bits per heavy atom. The molecule has 3 heterocycles. The number of esters is 1. The molecule has 6 aromatic rings. The molecule has 1 aliphatic heterocycles. The van der Waals surface area contributed by atoms with Crippen LogP contribution >= 0.6 is 20.3 Å². The molecule has 0 saturated carbocycles. The summed E-state index contributed by atoms with van der Waals surface area (Å²) in [6.07, 6.45) is 4.37. The van der Waals surface area contributed by atoms with Gasteiger partial charge in [0, 0.05) is 36.2 Å². The third kappa shape index (κ3) is 12.9. The maximum atomic E-state index is 13.6. The average molecular weight is 1000 g/mol. The van der Waals surface area contributed by atoms with Gasteiger partial charge in [0.2, 0.25) is 0 Å². The van der Waals surface area contributed by atoms with Crippen LogP contribution < -0.4 is 14.8 Å². The second-order valence-electron chi connectivity index (χ2n) is 17.3. The number of aryl methyl sites for hydroxylation is 1. The van der Waals surface area contributed by atoms with Gasteiger partial charge >= 0.3 is 5.97 Å². The van der Waals surface area contributed by atoms with Gasteiger partial charge in [0.15, 0.2) is 17.0 Å². The van der Waals surface area contributed by atoms with E-state index in [1.54, 1.807) is 44.4 Å². The number of hydrogen-bond donors (Lipinski definition) is 1. The van der Waals surface area contributed by atoms with Gasteiger partial charge in [-0.25, -0.2) is 19.6 Å². The van der Waals surface area contributed by atoms with Crippen molar-refractivity contribution in [3.63, 3.8) is 0 Å². The van der Waals surface area contributed by atoms with Crippen molar-refractivity contribution in [3.05, 3.63) is 144 Å². The zero-order valence-electron chi connectivity index (χ0n) is 41.2. The molecule has 2 aromatic heterocycles. The van der Waals surface area contributed by atoms with Crippen molar-refractivity contribution in [1.82, 2.24) is 24.2 Å². The fraction of sp³-hybridized carbons (Fsp3) is 0.396. The summed E-state index contributed by atoms with van der Waals surface area (Å²) < 4.78 is 48.4. The van der Waals surface area contributed by atoms with E-state index in [-0.39, 0.29) is 55.8 Å². The van der Waals surface area contributed by atoms with Gasteiger partial charge in [-0.15, -0.1) is 0 Å². The number of anilines is 1. The second kappa shape index (κ2) is 25.4. The number of ether oxygens (including phenoxy) is 5. The lowest BCUT2D eigenvalue weighted by Gasteiger charge is -2.39. The molecule has 1 aliphatic rings. The second-order valence-corrected chi connectivity index (χ2v) is 19.7. The van der Waals surface area contributed by atoms with E-state index in [4.69, 9.17) is 37.7 Å². The third-order valence-electron chi connectivity index (χ3n) is 12.0. The van der Waals surface area contributed by atoms with Gasteiger partial charge in [0.05, 0.1) is 52.4 Å². The molecule has 0 bridgehead atoms. The first kappa shape index (κ1) is 52.9. The van der Waals surface area contributed by atoms with E-state index in [0.717, 1.165) is 28.0 Å². The molecule has 1 fully saturated rings. The molecule has 374 valence electrons. The zero-order chi connectivity index (χ0) is 50.3. The number of nitrogens with zero attached hydrogens (tertiary/aromatic N) is 6. The summed E-state index contributed by atoms with van der Waals surface area (Å²) in [5.74, 6) is 1.75. The summed E-state index contributed by atoms with van der Waals surface area (Å²) in [6, 6.07) is 35.1. The number of methoxy groups -OCH3 is 2. The molecule has 0 spiro atoms. The number of nitriles is 1. The molecular formula is C53H62N7O9PS. The maximum Gasteiger partial charge on any atom is 0.306 e. The minimum atomic E-state index is -1.69. The minimum absolute atomic E-state index is 0.0537. The minimum Gasteiger partial charge on any atom is -0.497 e. The van der Waals surface area contributed by atoms with Gasteiger partial charge in [-0.05, 0) is 99.0 Å². The normalized spacial score (nSPS) is 16.3. The molecule has 18 heteroatoms. The predicted octanol–water partition coefficient (Wildman–Crippen LogP) is 9.89. The largest absolute Gasteiger partial charge is 0.497 e. The number of rotatable bonds is 25. The highest BCUT2D eigenvalue weighted by Gasteiger charge is 2.45. The third-order valence-corrected chi connectivity index (χ3v) is 14.7. The van der Waals surface area contributed by atoms with E-state index < -0.39 is 32.6 Å². The van der Waals surface area contributed by atoms with E-state index in [1.165, 1.54) is 6.33 Å². The van der Waals surface area contributed by atoms with Gasteiger partial charge in [-0.2, -0.15) is 17.0 Å². The van der Waals surface area contributed by atoms with Crippen molar-refractivity contribution in [3.8, 4) is 17.6 Å². The molecule has 0 radical (unpaired) electrons. The summed E-state index contributed by atoms with van der Waals surface area (Å²) in [5, 5.41) is 12.4. The molecule has 71 heavy (non-hydrogen) atoms. The van der Waals surface area contributed by atoms with Crippen molar-refractivity contribution >= 4 is 49.1 Å². The average Bonchev–Trinajstić information content (AvgIpc) is 4.01. The smallest absolute Gasteiger partial charge is 0.306 e. The first-order valence-electron chi connectivity index (χ1n) is 23.6. The number of carbonyl (C=O) groups excluding carboxylic acids is 2. The van der Waals surface area contributed by atoms with Crippen LogP contribution in [0.1, 0.15) is 85.8 Å². The Bertz CT molecular complexity index is 2630. The Morgan fingerprint density at radius 2 is 1.54 bits per heavy atom. The fourth-order valence-corrected chi connectivity index (χ4v) is 10.5. The van der Waals surface area contributed by atoms with E-state index >= 15 is 0 Å². The standard InChI is InChI=1S/C53H62N7O9PS/c1-36(2)60(37(3)4)70(67-29-11-28-54)69-45-32-47(59-35-57-49-50(55-34-56-51(49)59)58-52(62)39-17-14-38(15-18-39)16-27-48(61)65-30-31-71-7)68-46(45)33-66-53(40-12-9-8-10-13-40,41-19-23-43(63-5)24-20-41)42-21-25-44(64-6)26-22-42/h8-10,12-15,17-26,34-37,45-47H,11,16,27,29-33H2,1-7H3,(H,55,56,58,62). The molecule has 0 aliphatic carbocycles. The fourth-order valence-electron chi connectivity index (χ4n) is 8.54. The van der Waals surface area contributed by atoms with Crippen LogP contribution in [0.5, 0.6) is 11.5 Å². The van der Waals surface area contributed by atoms with Gasteiger partial charge in [0.1, 0.15) is 42.4 Å². The van der Waals surface area contributed by atoms with Crippen LogP contribution in [0.15, 0.2) is 116 Å². The van der Waals surface area contributed by atoms with Crippen LogP contribution in [-0.4, -0.2) is 106 Å². The van der Waals surface area contributed by atoms with E-state index in [0.29, 0.717) is 47.7 Å². The molecule has 4 aromatic carbocycles. The van der Waals surface area contributed by atoms with Gasteiger partial charge < -0.3 is 38.0 Å². The van der Waals surface area contributed by atoms with Gasteiger partial charge in [-0.3, -0.25) is 14.2 Å². The van der Waals surface area contributed by atoms with Crippen molar-refractivity contribution in [2.24, 2.45) is 0 Å². The Hall–Kier alpha value is -5.96. The summed E-state index contributed by atoms with van der Waals surface area (Å²) >= 11 is 1.62. The van der Waals surface area contributed by atoms with E-state index in [1.807, 2.05) is 102 Å².